The molecule has 1 aromatic carbocycles. The van der Waals surface area contributed by atoms with Crippen LogP contribution in [0.4, 0.5) is 10.1 Å². The van der Waals surface area contributed by atoms with E-state index < -0.39 is 0 Å². The largest absolute Gasteiger partial charge is 0.393 e. The molecule has 162 valence electrons. The van der Waals surface area contributed by atoms with Crippen LogP contribution in [0.2, 0.25) is 0 Å². The first-order valence-corrected chi connectivity index (χ1v) is 11.1. The van der Waals surface area contributed by atoms with Crippen LogP contribution in [-0.4, -0.2) is 67.4 Å². The molecule has 2 fully saturated rings. The van der Waals surface area contributed by atoms with Crippen molar-refractivity contribution in [3.63, 3.8) is 0 Å². The average Bonchev–Trinajstić information content (AvgIpc) is 2.74. The minimum atomic E-state index is -0.168. The van der Waals surface area contributed by atoms with Crippen LogP contribution in [0, 0.1) is 5.82 Å². The number of aliphatic imine (C=N–C) groups is 1. The molecule has 1 saturated heterocycles. The summed E-state index contributed by atoms with van der Waals surface area (Å²) in [6.45, 7) is 10.2. The second-order valence-electron chi connectivity index (χ2n) is 8.05. The van der Waals surface area contributed by atoms with Crippen molar-refractivity contribution in [1.29, 1.82) is 0 Å². The summed E-state index contributed by atoms with van der Waals surface area (Å²) >= 11 is 0. The van der Waals surface area contributed by atoms with Gasteiger partial charge in [0.15, 0.2) is 5.96 Å². The number of benzene rings is 1. The quantitative estimate of drug-likeness (QED) is 0.501. The van der Waals surface area contributed by atoms with Crippen molar-refractivity contribution in [3.05, 3.63) is 29.6 Å². The first-order chi connectivity index (χ1) is 14.1. The summed E-state index contributed by atoms with van der Waals surface area (Å²) in [5.41, 5.74) is 1.56. The Kier molecular flexibility index (Phi) is 8.12. The van der Waals surface area contributed by atoms with E-state index >= 15 is 0 Å². The SMILES string of the molecule is CCNC(=NCc1ccc(N2CCN(CC)CC2)c(F)c1)NC1CCC(O)CC1. The maximum atomic E-state index is 14.7. The molecule has 0 spiro atoms. The van der Waals surface area contributed by atoms with Gasteiger partial charge in [0, 0.05) is 38.8 Å². The zero-order valence-corrected chi connectivity index (χ0v) is 17.8. The van der Waals surface area contributed by atoms with E-state index in [4.69, 9.17) is 0 Å². The molecule has 1 aliphatic heterocycles. The van der Waals surface area contributed by atoms with Crippen molar-refractivity contribution in [2.45, 2.75) is 58.2 Å². The number of nitrogens with one attached hydrogen (secondary N) is 2. The molecule has 29 heavy (non-hydrogen) atoms. The summed E-state index contributed by atoms with van der Waals surface area (Å²) in [6.07, 6.45) is 3.38. The summed E-state index contributed by atoms with van der Waals surface area (Å²) in [5.74, 6) is 0.593. The highest BCUT2D eigenvalue weighted by molar-refractivity contribution is 5.80. The second kappa shape index (κ2) is 10.8. The molecule has 0 bridgehead atoms. The number of guanidine groups is 1. The normalized spacial score (nSPS) is 23.9. The standard InChI is InChI=1S/C22H36FN5O/c1-3-24-22(26-18-6-8-19(29)9-7-18)25-16-17-5-10-21(20(23)15-17)28-13-11-27(4-2)12-14-28/h5,10,15,18-19,29H,3-4,6-9,11-14,16H2,1-2H3,(H2,24,25,26). The zero-order valence-electron chi connectivity index (χ0n) is 17.8. The van der Waals surface area contributed by atoms with Crippen LogP contribution in [0.1, 0.15) is 45.1 Å². The van der Waals surface area contributed by atoms with Crippen molar-refractivity contribution in [1.82, 2.24) is 15.5 Å². The van der Waals surface area contributed by atoms with Crippen LogP contribution in [0.5, 0.6) is 0 Å². The Labute approximate surface area is 174 Å². The average molecular weight is 406 g/mol. The smallest absolute Gasteiger partial charge is 0.191 e. The molecule has 1 saturated carbocycles. The first kappa shape index (κ1) is 21.8. The fraction of sp³-hybridized carbons (Fsp3) is 0.682. The van der Waals surface area contributed by atoms with Gasteiger partial charge in [-0.05, 0) is 56.8 Å². The molecule has 3 N–H and O–H groups in total. The van der Waals surface area contributed by atoms with Gasteiger partial charge in [-0.1, -0.05) is 13.0 Å². The minimum Gasteiger partial charge on any atom is -0.393 e. The van der Waals surface area contributed by atoms with E-state index in [9.17, 15) is 9.50 Å². The van der Waals surface area contributed by atoms with Crippen molar-refractivity contribution in [2.75, 3.05) is 44.2 Å². The molecule has 3 rings (SSSR count). The Bertz CT molecular complexity index is 667. The van der Waals surface area contributed by atoms with Gasteiger partial charge in [0.2, 0.25) is 0 Å². The number of hydrogen-bond acceptors (Lipinski definition) is 4. The van der Waals surface area contributed by atoms with Crippen LogP contribution in [0.3, 0.4) is 0 Å². The van der Waals surface area contributed by atoms with Gasteiger partial charge in [0.05, 0.1) is 18.3 Å². The van der Waals surface area contributed by atoms with Crippen LogP contribution in [-0.2, 0) is 6.54 Å². The third-order valence-corrected chi connectivity index (χ3v) is 5.97. The van der Waals surface area contributed by atoms with Gasteiger partial charge in [0.1, 0.15) is 5.82 Å². The van der Waals surface area contributed by atoms with Crippen LogP contribution in [0.25, 0.3) is 0 Å². The van der Waals surface area contributed by atoms with E-state index in [0.717, 1.165) is 76.5 Å². The molecule has 6 nitrogen and oxygen atoms in total. The van der Waals surface area contributed by atoms with E-state index in [1.54, 1.807) is 6.07 Å². The van der Waals surface area contributed by atoms with E-state index in [1.807, 2.05) is 19.1 Å². The Morgan fingerprint density at radius 1 is 1.14 bits per heavy atom. The van der Waals surface area contributed by atoms with Gasteiger partial charge < -0.3 is 25.5 Å². The van der Waals surface area contributed by atoms with Gasteiger partial charge in [-0.2, -0.15) is 0 Å². The molecule has 0 aromatic heterocycles. The number of anilines is 1. The van der Waals surface area contributed by atoms with Gasteiger partial charge in [-0.3, -0.25) is 0 Å². The number of piperazine rings is 1. The maximum absolute atomic E-state index is 14.7. The van der Waals surface area contributed by atoms with E-state index in [-0.39, 0.29) is 11.9 Å². The molecule has 1 aromatic rings. The van der Waals surface area contributed by atoms with Crippen molar-refractivity contribution < 1.29 is 9.50 Å². The molecule has 1 aliphatic carbocycles. The second-order valence-corrected chi connectivity index (χ2v) is 8.05. The Balaban J connectivity index is 1.58. The molecule has 7 heteroatoms. The first-order valence-electron chi connectivity index (χ1n) is 11.1. The summed E-state index contributed by atoms with van der Waals surface area (Å²) in [4.78, 5) is 9.17. The molecule has 0 unspecified atom stereocenters. The Morgan fingerprint density at radius 3 is 2.48 bits per heavy atom. The van der Waals surface area contributed by atoms with Gasteiger partial charge >= 0.3 is 0 Å². The lowest BCUT2D eigenvalue weighted by Gasteiger charge is -2.35. The number of likely N-dealkylation sites (N-methyl/N-ethyl adjacent to an activating group) is 1. The fourth-order valence-corrected chi connectivity index (χ4v) is 4.11. The van der Waals surface area contributed by atoms with Crippen LogP contribution < -0.4 is 15.5 Å². The molecule has 0 amide bonds. The van der Waals surface area contributed by atoms with Crippen molar-refractivity contribution in [2.24, 2.45) is 4.99 Å². The number of aliphatic hydroxyl groups is 1. The number of rotatable bonds is 6. The number of aliphatic hydroxyl groups excluding tert-OH is 1. The molecular weight excluding hydrogens is 369 g/mol. The maximum Gasteiger partial charge on any atom is 0.191 e. The molecule has 0 radical (unpaired) electrons. The van der Waals surface area contributed by atoms with Gasteiger partial charge in [-0.25, -0.2) is 9.38 Å². The summed E-state index contributed by atoms with van der Waals surface area (Å²) < 4.78 is 14.7. The fourth-order valence-electron chi connectivity index (χ4n) is 4.11. The van der Waals surface area contributed by atoms with Crippen LogP contribution in [0.15, 0.2) is 23.2 Å². The van der Waals surface area contributed by atoms with Crippen LogP contribution >= 0.6 is 0 Å². The monoisotopic (exact) mass is 405 g/mol. The number of halogens is 1. The van der Waals surface area contributed by atoms with Crippen molar-refractivity contribution in [3.8, 4) is 0 Å². The summed E-state index contributed by atoms with van der Waals surface area (Å²) in [6, 6.07) is 5.82. The minimum absolute atomic E-state index is 0.165. The van der Waals surface area contributed by atoms with Crippen molar-refractivity contribution >= 4 is 11.6 Å². The summed E-state index contributed by atoms with van der Waals surface area (Å²) in [7, 11) is 0. The van der Waals surface area contributed by atoms with E-state index in [0.29, 0.717) is 18.3 Å². The number of hydrogen-bond donors (Lipinski definition) is 3. The molecule has 2 aliphatic rings. The third-order valence-electron chi connectivity index (χ3n) is 5.97. The topological polar surface area (TPSA) is 63.1 Å². The lowest BCUT2D eigenvalue weighted by atomic mass is 9.93. The highest BCUT2D eigenvalue weighted by Crippen LogP contribution is 2.22. The van der Waals surface area contributed by atoms with E-state index in [1.165, 1.54) is 0 Å². The summed E-state index contributed by atoms with van der Waals surface area (Å²) in [5, 5.41) is 16.4. The van der Waals surface area contributed by atoms with Gasteiger partial charge in [-0.15, -0.1) is 0 Å². The van der Waals surface area contributed by atoms with Gasteiger partial charge in [0.25, 0.3) is 0 Å². The predicted octanol–water partition coefficient (Wildman–Crippen LogP) is 2.33. The zero-order chi connectivity index (χ0) is 20.6. The lowest BCUT2D eigenvalue weighted by Crippen LogP contribution is -2.46. The molecule has 0 atom stereocenters. The highest BCUT2D eigenvalue weighted by atomic mass is 19.1. The Hall–Kier alpha value is -1.86. The molecule has 1 heterocycles. The number of nitrogens with zero attached hydrogens (tertiary/aromatic N) is 3. The Morgan fingerprint density at radius 2 is 1.86 bits per heavy atom. The predicted molar refractivity (Wildman–Crippen MR) is 117 cm³/mol. The van der Waals surface area contributed by atoms with E-state index in [2.05, 4.69) is 32.3 Å². The third kappa shape index (κ3) is 6.31. The molecular formula is C22H36FN5O. The lowest BCUT2D eigenvalue weighted by molar-refractivity contribution is 0.120. The highest BCUT2D eigenvalue weighted by Gasteiger charge is 2.20.